The molecule has 0 aromatic heterocycles. The number of esters is 5. The molecule has 0 bridgehead atoms. The van der Waals surface area contributed by atoms with E-state index in [-0.39, 0.29) is 112 Å². The molecule has 0 aromatic rings. The molecule has 0 aliphatic carbocycles. The highest BCUT2D eigenvalue weighted by atomic mass is 16.6. The number of aliphatic hydroxyl groups is 1. The number of methoxy groups -OCH3 is 1. The Bertz CT molecular complexity index is 1070. The number of hydrogen-bond acceptors (Lipinski definition) is 14. The summed E-state index contributed by atoms with van der Waals surface area (Å²) in [5, 5.41) is 8.71. The molecule has 0 aromatic carbocycles. The summed E-state index contributed by atoms with van der Waals surface area (Å²) in [6.07, 6.45) is 7.38. The molecule has 2 heterocycles. The lowest BCUT2D eigenvalue weighted by molar-refractivity contribution is -0.150. The second kappa shape index (κ2) is 25.6. The van der Waals surface area contributed by atoms with Gasteiger partial charge in [0.05, 0.1) is 83.1 Å². The number of rotatable bonds is 31. The topological polar surface area (TPSA) is 194 Å². The average molecular weight is 713 g/mol. The summed E-state index contributed by atoms with van der Waals surface area (Å²) in [6.45, 7) is 5.29. The van der Waals surface area contributed by atoms with E-state index >= 15 is 0 Å². The second-order valence-electron chi connectivity index (χ2n) is 12.7. The van der Waals surface area contributed by atoms with Crippen LogP contribution in [0.3, 0.4) is 0 Å². The number of epoxide rings is 2. The maximum Gasteiger partial charge on any atom is 0.309 e. The predicted molar refractivity (Wildman–Crippen MR) is 177 cm³/mol. The van der Waals surface area contributed by atoms with Crippen molar-refractivity contribution in [2.24, 2.45) is 17.8 Å². The van der Waals surface area contributed by atoms with Crippen molar-refractivity contribution >= 4 is 35.6 Å². The summed E-state index contributed by atoms with van der Waals surface area (Å²) < 4.78 is 36.9. The van der Waals surface area contributed by atoms with Crippen LogP contribution in [0.1, 0.15) is 96.3 Å². The van der Waals surface area contributed by atoms with Gasteiger partial charge < -0.3 is 38.3 Å². The van der Waals surface area contributed by atoms with Crippen LogP contribution in [0, 0.1) is 17.8 Å². The summed E-state index contributed by atoms with van der Waals surface area (Å²) in [5.41, 5.74) is 0. The molecule has 2 saturated heterocycles. The van der Waals surface area contributed by atoms with Crippen molar-refractivity contribution < 1.29 is 67.0 Å². The molecule has 284 valence electrons. The van der Waals surface area contributed by atoms with Gasteiger partial charge in [-0.2, -0.15) is 0 Å². The maximum atomic E-state index is 12.9. The first kappa shape index (κ1) is 42.8. The number of ketones is 1. The number of allylic oxidation sites excluding steroid dienone is 1. The zero-order valence-electron chi connectivity index (χ0n) is 29.5. The van der Waals surface area contributed by atoms with Crippen molar-refractivity contribution in [3.63, 3.8) is 0 Å². The summed E-state index contributed by atoms with van der Waals surface area (Å²) in [5.74, 6) is -3.14. The van der Waals surface area contributed by atoms with Gasteiger partial charge in [0.2, 0.25) is 0 Å². The fourth-order valence-corrected chi connectivity index (χ4v) is 5.36. The largest absolute Gasteiger partial charge is 0.469 e. The highest BCUT2D eigenvalue weighted by molar-refractivity contribution is 5.83. The highest BCUT2D eigenvalue weighted by Crippen LogP contribution is 2.26. The highest BCUT2D eigenvalue weighted by Gasteiger charge is 2.33. The Morgan fingerprint density at radius 3 is 1.62 bits per heavy atom. The van der Waals surface area contributed by atoms with Crippen LogP contribution in [0.5, 0.6) is 0 Å². The van der Waals surface area contributed by atoms with Crippen LogP contribution >= 0.6 is 0 Å². The lowest BCUT2D eigenvalue weighted by Gasteiger charge is -2.17. The minimum atomic E-state index is -0.490. The number of aliphatic hydroxyl groups excluding tert-OH is 1. The van der Waals surface area contributed by atoms with Gasteiger partial charge in [-0.3, -0.25) is 28.8 Å². The van der Waals surface area contributed by atoms with Gasteiger partial charge in [-0.1, -0.05) is 6.08 Å². The molecule has 0 spiro atoms. The Morgan fingerprint density at radius 1 is 0.660 bits per heavy atom. The minimum Gasteiger partial charge on any atom is -0.469 e. The fourth-order valence-electron chi connectivity index (χ4n) is 5.36. The molecular formula is C36H56O14. The molecule has 2 rings (SSSR count). The Kier molecular flexibility index (Phi) is 21.9. The van der Waals surface area contributed by atoms with Gasteiger partial charge >= 0.3 is 29.8 Å². The van der Waals surface area contributed by atoms with Crippen molar-refractivity contribution in [1.29, 1.82) is 0 Å². The first-order valence-electron chi connectivity index (χ1n) is 17.9. The molecule has 0 amide bonds. The number of carbonyl (C=O) groups is 6. The Labute approximate surface area is 294 Å². The predicted octanol–water partition coefficient (Wildman–Crippen LogP) is 3.58. The zero-order valence-corrected chi connectivity index (χ0v) is 29.5. The first-order chi connectivity index (χ1) is 24.2. The van der Waals surface area contributed by atoms with E-state index in [1.54, 1.807) is 6.08 Å². The van der Waals surface area contributed by atoms with E-state index in [0.29, 0.717) is 83.8 Å². The molecule has 5 unspecified atom stereocenters. The SMILES string of the molecule is C=CCC(CCCOC(=O)C(CCCOC(=O)C(CCCOC(=O)CCCCOC(=O)CCC(=O)CCO)CC1CO1)CC1CO1)C(=O)OC. The third-order valence-electron chi connectivity index (χ3n) is 8.43. The van der Waals surface area contributed by atoms with Crippen molar-refractivity contribution in [2.75, 3.05) is 53.4 Å². The second-order valence-corrected chi connectivity index (χ2v) is 12.7. The Hall–Kier alpha value is -3.36. The normalized spacial score (nSPS) is 17.8. The van der Waals surface area contributed by atoms with Gasteiger partial charge in [0.25, 0.3) is 0 Å². The third kappa shape index (κ3) is 20.3. The molecule has 1 N–H and O–H groups in total. The van der Waals surface area contributed by atoms with E-state index in [2.05, 4.69) is 6.58 Å². The molecule has 50 heavy (non-hydrogen) atoms. The number of Topliss-reactive ketones (excluding diaryl/α,β-unsaturated/α-hetero) is 1. The van der Waals surface area contributed by atoms with Crippen molar-refractivity contribution in [2.45, 2.75) is 109 Å². The van der Waals surface area contributed by atoms with Crippen molar-refractivity contribution in [3.8, 4) is 0 Å². The van der Waals surface area contributed by atoms with E-state index < -0.39 is 11.9 Å². The van der Waals surface area contributed by atoms with Crippen LogP contribution in [0.4, 0.5) is 0 Å². The smallest absolute Gasteiger partial charge is 0.309 e. The lowest BCUT2D eigenvalue weighted by Crippen LogP contribution is -2.23. The molecule has 2 aliphatic rings. The van der Waals surface area contributed by atoms with E-state index in [9.17, 15) is 28.8 Å². The number of unbranched alkanes of at least 4 members (excludes halogenated alkanes) is 1. The van der Waals surface area contributed by atoms with Crippen LogP contribution in [-0.2, 0) is 61.9 Å². The third-order valence-corrected chi connectivity index (χ3v) is 8.43. The quantitative estimate of drug-likeness (QED) is 0.0360. The molecule has 2 fully saturated rings. The molecule has 14 heteroatoms. The molecule has 0 radical (unpaired) electrons. The summed E-state index contributed by atoms with van der Waals surface area (Å²) in [4.78, 5) is 72.7. The van der Waals surface area contributed by atoms with Crippen LogP contribution in [0.2, 0.25) is 0 Å². The molecule has 2 aliphatic heterocycles. The number of carbonyl (C=O) groups excluding carboxylic acids is 6. The van der Waals surface area contributed by atoms with Gasteiger partial charge in [-0.25, -0.2) is 0 Å². The zero-order chi connectivity index (χ0) is 36.6. The summed E-state index contributed by atoms with van der Waals surface area (Å²) in [6, 6.07) is 0. The lowest BCUT2D eigenvalue weighted by atomic mass is 9.97. The van der Waals surface area contributed by atoms with Gasteiger partial charge in [0.1, 0.15) is 5.78 Å². The van der Waals surface area contributed by atoms with Crippen molar-refractivity contribution in [1.82, 2.24) is 0 Å². The van der Waals surface area contributed by atoms with Gasteiger partial charge in [0, 0.05) is 25.9 Å². The van der Waals surface area contributed by atoms with Crippen LogP contribution in [0.15, 0.2) is 12.7 Å². The summed E-state index contributed by atoms with van der Waals surface area (Å²) in [7, 11) is 1.34. The van der Waals surface area contributed by atoms with E-state index in [0.717, 1.165) is 0 Å². The van der Waals surface area contributed by atoms with Crippen molar-refractivity contribution in [3.05, 3.63) is 12.7 Å². The average Bonchev–Trinajstić information content (AvgIpc) is 4.04. The van der Waals surface area contributed by atoms with E-state index in [1.165, 1.54) is 7.11 Å². The van der Waals surface area contributed by atoms with Gasteiger partial charge in [-0.05, 0) is 70.6 Å². The molecule has 14 nitrogen and oxygen atoms in total. The molecule has 0 saturated carbocycles. The molecule has 5 atom stereocenters. The standard InChI is InChI=1S/C36H56O14/c1-3-9-26(34(41)44-2)10-6-20-47-36(43)28(23-31-25-50-31)12-8-21-48-35(42)27(22-30-24-49-30)11-7-19-46-32(39)13-4-5-18-45-33(40)15-14-29(38)16-17-37/h3,26-28,30-31,37H,1,4-25H2,2H3. The van der Waals surface area contributed by atoms with Crippen LogP contribution < -0.4 is 0 Å². The monoisotopic (exact) mass is 712 g/mol. The van der Waals surface area contributed by atoms with E-state index in [1.807, 2.05) is 0 Å². The summed E-state index contributed by atoms with van der Waals surface area (Å²) >= 11 is 0. The van der Waals surface area contributed by atoms with E-state index in [4.69, 9.17) is 38.3 Å². The minimum absolute atomic E-state index is 0.0163. The van der Waals surface area contributed by atoms with Gasteiger partial charge in [-0.15, -0.1) is 6.58 Å². The fraction of sp³-hybridized carbons (Fsp3) is 0.778. The molecular weight excluding hydrogens is 656 g/mol. The Balaban J connectivity index is 1.61. The number of ether oxygens (including phenoxy) is 7. The van der Waals surface area contributed by atoms with Crippen LogP contribution in [0.25, 0.3) is 0 Å². The number of hydrogen-bond donors (Lipinski definition) is 1. The Morgan fingerprint density at radius 2 is 1.14 bits per heavy atom. The first-order valence-corrected chi connectivity index (χ1v) is 17.9. The van der Waals surface area contributed by atoms with Gasteiger partial charge in [0.15, 0.2) is 0 Å². The maximum absolute atomic E-state index is 12.9. The van der Waals surface area contributed by atoms with Crippen LogP contribution in [-0.4, -0.2) is 106 Å².